The van der Waals surface area contributed by atoms with Gasteiger partial charge in [-0.3, -0.25) is 9.59 Å². The van der Waals surface area contributed by atoms with Crippen molar-refractivity contribution in [3.05, 3.63) is 65.7 Å². The molecular weight excluding hydrogens is 256 g/mol. The van der Waals surface area contributed by atoms with Crippen LogP contribution < -0.4 is 11.1 Å². The number of aliphatic hydroxyl groups excluding tert-OH is 1. The highest BCUT2D eigenvalue weighted by Gasteiger charge is 2.18. The normalized spacial score (nSPS) is 11.7. The Morgan fingerprint density at radius 3 is 2.25 bits per heavy atom. The van der Waals surface area contributed by atoms with Gasteiger partial charge < -0.3 is 16.2 Å². The molecule has 0 aliphatic rings. The summed E-state index contributed by atoms with van der Waals surface area (Å²) < 4.78 is 0. The Morgan fingerprint density at radius 1 is 1.00 bits per heavy atom. The molecule has 0 saturated heterocycles. The van der Waals surface area contributed by atoms with E-state index >= 15 is 0 Å². The van der Waals surface area contributed by atoms with Crippen LogP contribution in [0.2, 0.25) is 0 Å². The molecule has 5 nitrogen and oxygen atoms in total. The quantitative estimate of drug-likeness (QED) is 0.785. The fourth-order valence-electron chi connectivity index (χ4n) is 1.79. The summed E-state index contributed by atoms with van der Waals surface area (Å²) in [7, 11) is 0. The van der Waals surface area contributed by atoms with Gasteiger partial charge in [0.25, 0.3) is 11.8 Å². The number of para-hydroxylation sites is 1. The average Bonchev–Trinajstić information content (AvgIpc) is 2.47. The fraction of sp³-hybridized carbons (Fsp3) is 0.0667. The second-order valence-corrected chi connectivity index (χ2v) is 4.21. The maximum atomic E-state index is 12.0. The van der Waals surface area contributed by atoms with E-state index in [1.807, 2.05) is 0 Å². The highest BCUT2D eigenvalue weighted by molar-refractivity contribution is 6.04. The zero-order valence-electron chi connectivity index (χ0n) is 10.6. The highest BCUT2D eigenvalue weighted by Crippen LogP contribution is 2.18. The maximum absolute atomic E-state index is 12.0. The molecule has 0 bridgehead atoms. The van der Waals surface area contributed by atoms with Gasteiger partial charge >= 0.3 is 0 Å². The van der Waals surface area contributed by atoms with Crippen molar-refractivity contribution in [3.8, 4) is 0 Å². The second-order valence-electron chi connectivity index (χ2n) is 4.21. The minimum absolute atomic E-state index is 0.195. The van der Waals surface area contributed by atoms with E-state index in [0.29, 0.717) is 5.56 Å². The largest absolute Gasteiger partial charge is 0.378 e. The third-order valence-electron chi connectivity index (χ3n) is 2.81. The van der Waals surface area contributed by atoms with E-state index in [-0.39, 0.29) is 11.3 Å². The number of benzene rings is 2. The predicted octanol–water partition coefficient (Wildman–Crippen LogP) is 1.46. The van der Waals surface area contributed by atoms with Crippen LogP contribution in [0.3, 0.4) is 0 Å². The van der Waals surface area contributed by atoms with Crippen LogP contribution in [0.1, 0.15) is 22.0 Å². The first kappa shape index (κ1) is 13.8. The van der Waals surface area contributed by atoms with Crippen molar-refractivity contribution in [2.45, 2.75) is 6.10 Å². The van der Waals surface area contributed by atoms with Crippen LogP contribution in [0.5, 0.6) is 0 Å². The molecule has 0 fully saturated rings. The molecule has 0 aliphatic heterocycles. The van der Waals surface area contributed by atoms with E-state index in [4.69, 9.17) is 5.73 Å². The topological polar surface area (TPSA) is 92.4 Å². The Hall–Kier alpha value is -2.66. The van der Waals surface area contributed by atoms with Crippen LogP contribution >= 0.6 is 0 Å². The minimum atomic E-state index is -1.31. The molecule has 0 aliphatic carbocycles. The van der Waals surface area contributed by atoms with Crippen molar-refractivity contribution in [3.63, 3.8) is 0 Å². The molecule has 2 rings (SSSR count). The van der Waals surface area contributed by atoms with E-state index < -0.39 is 17.9 Å². The van der Waals surface area contributed by atoms with Crippen LogP contribution in [0.15, 0.2) is 54.6 Å². The van der Waals surface area contributed by atoms with Gasteiger partial charge in [0.15, 0.2) is 6.10 Å². The molecule has 2 amide bonds. The molecule has 0 radical (unpaired) electrons. The lowest BCUT2D eigenvalue weighted by atomic mass is 10.1. The van der Waals surface area contributed by atoms with Gasteiger partial charge in [-0.25, -0.2) is 0 Å². The number of carbonyl (C=O) groups is 2. The molecule has 4 N–H and O–H groups in total. The SMILES string of the molecule is NC(=O)c1ccccc1NC(=O)C(O)c1ccccc1. The molecule has 0 spiro atoms. The Labute approximate surface area is 116 Å². The van der Waals surface area contributed by atoms with E-state index in [2.05, 4.69) is 5.32 Å². The molecule has 0 aromatic heterocycles. The maximum Gasteiger partial charge on any atom is 0.257 e. The number of primary amides is 1. The number of aliphatic hydroxyl groups is 1. The van der Waals surface area contributed by atoms with Crippen LogP contribution in [0.4, 0.5) is 5.69 Å². The van der Waals surface area contributed by atoms with Gasteiger partial charge in [-0.2, -0.15) is 0 Å². The summed E-state index contributed by atoms with van der Waals surface area (Å²) in [6.45, 7) is 0. The van der Waals surface area contributed by atoms with Gasteiger partial charge in [0, 0.05) is 0 Å². The van der Waals surface area contributed by atoms with Crippen LogP contribution in [-0.2, 0) is 4.79 Å². The van der Waals surface area contributed by atoms with Gasteiger partial charge in [0.2, 0.25) is 0 Å². The Balaban J connectivity index is 2.18. The zero-order valence-corrected chi connectivity index (χ0v) is 10.6. The lowest BCUT2D eigenvalue weighted by Crippen LogP contribution is -2.23. The van der Waals surface area contributed by atoms with Gasteiger partial charge in [-0.15, -0.1) is 0 Å². The molecule has 1 atom stereocenters. The Morgan fingerprint density at radius 2 is 1.60 bits per heavy atom. The van der Waals surface area contributed by atoms with Crippen molar-refractivity contribution < 1.29 is 14.7 Å². The molecule has 0 heterocycles. The number of carbonyl (C=O) groups excluding carboxylic acids is 2. The fourth-order valence-corrected chi connectivity index (χ4v) is 1.79. The van der Waals surface area contributed by atoms with E-state index in [1.165, 1.54) is 6.07 Å². The molecule has 0 saturated carbocycles. The van der Waals surface area contributed by atoms with Crippen LogP contribution in [0.25, 0.3) is 0 Å². The molecule has 5 heteroatoms. The number of amides is 2. The first-order valence-electron chi connectivity index (χ1n) is 6.02. The number of hydrogen-bond donors (Lipinski definition) is 3. The van der Waals surface area contributed by atoms with Crippen molar-refractivity contribution in [2.75, 3.05) is 5.32 Å². The lowest BCUT2D eigenvalue weighted by molar-refractivity contribution is -0.124. The van der Waals surface area contributed by atoms with Gasteiger partial charge in [-0.05, 0) is 17.7 Å². The van der Waals surface area contributed by atoms with Crippen molar-refractivity contribution in [2.24, 2.45) is 5.73 Å². The molecule has 2 aromatic carbocycles. The van der Waals surface area contributed by atoms with Crippen LogP contribution in [0, 0.1) is 0 Å². The molecular formula is C15H14N2O3. The van der Waals surface area contributed by atoms with Crippen molar-refractivity contribution in [1.82, 2.24) is 0 Å². The summed E-state index contributed by atoms with van der Waals surface area (Å²) in [6.07, 6.45) is -1.31. The monoisotopic (exact) mass is 270 g/mol. The third-order valence-corrected chi connectivity index (χ3v) is 2.81. The number of hydrogen-bond acceptors (Lipinski definition) is 3. The first-order chi connectivity index (χ1) is 9.59. The van der Waals surface area contributed by atoms with E-state index in [1.54, 1.807) is 48.5 Å². The smallest absolute Gasteiger partial charge is 0.257 e. The number of nitrogens with one attached hydrogen (secondary N) is 1. The van der Waals surface area contributed by atoms with Gasteiger partial charge in [0.1, 0.15) is 0 Å². The van der Waals surface area contributed by atoms with Gasteiger partial charge in [-0.1, -0.05) is 42.5 Å². The standard InChI is InChI=1S/C15H14N2O3/c16-14(19)11-8-4-5-9-12(11)17-15(20)13(18)10-6-2-1-3-7-10/h1-9,13,18H,(H2,16,19)(H,17,20). The minimum Gasteiger partial charge on any atom is -0.378 e. The Kier molecular flexibility index (Phi) is 4.12. The Bertz CT molecular complexity index is 626. The number of rotatable bonds is 4. The molecule has 2 aromatic rings. The molecule has 102 valence electrons. The van der Waals surface area contributed by atoms with Gasteiger partial charge in [0.05, 0.1) is 11.3 Å². The summed E-state index contributed by atoms with van der Waals surface area (Å²) in [5.41, 5.74) is 6.17. The third kappa shape index (κ3) is 3.02. The summed E-state index contributed by atoms with van der Waals surface area (Å²) in [5.74, 6) is -1.26. The van der Waals surface area contributed by atoms with Crippen LogP contribution in [-0.4, -0.2) is 16.9 Å². The van der Waals surface area contributed by atoms with Crippen molar-refractivity contribution in [1.29, 1.82) is 0 Å². The predicted molar refractivity (Wildman–Crippen MR) is 75.0 cm³/mol. The summed E-state index contributed by atoms with van der Waals surface area (Å²) in [4.78, 5) is 23.2. The van der Waals surface area contributed by atoms with Crippen molar-refractivity contribution >= 4 is 17.5 Å². The van der Waals surface area contributed by atoms with E-state index in [9.17, 15) is 14.7 Å². The summed E-state index contributed by atoms with van der Waals surface area (Å²) in [6, 6.07) is 14.9. The second kappa shape index (κ2) is 5.99. The first-order valence-corrected chi connectivity index (χ1v) is 6.02. The van der Waals surface area contributed by atoms with E-state index in [0.717, 1.165) is 0 Å². The summed E-state index contributed by atoms with van der Waals surface area (Å²) in [5, 5.41) is 12.5. The zero-order chi connectivity index (χ0) is 14.5. The number of nitrogens with two attached hydrogens (primary N) is 1. The molecule has 1 unspecified atom stereocenters. The molecule has 20 heavy (non-hydrogen) atoms. The lowest BCUT2D eigenvalue weighted by Gasteiger charge is -2.13. The highest BCUT2D eigenvalue weighted by atomic mass is 16.3. The number of anilines is 1. The summed E-state index contributed by atoms with van der Waals surface area (Å²) >= 11 is 0. The average molecular weight is 270 g/mol.